The van der Waals surface area contributed by atoms with Gasteiger partial charge >= 0.3 is 0 Å². The number of aromatic nitrogens is 3. The number of carbonyl (C=O) groups is 1. The van der Waals surface area contributed by atoms with Crippen molar-refractivity contribution in [2.45, 2.75) is 51.7 Å². The van der Waals surface area contributed by atoms with Crippen LogP contribution < -0.4 is 5.73 Å². The van der Waals surface area contributed by atoms with Crippen molar-refractivity contribution >= 4 is 28.6 Å². The molecule has 10 heteroatoms. The predicted octanol–water partition coefficient (Wildman–Crippen LogP) is 3.95. The number of piperidine rings is 1. The van der Waals surface area contributed by atoms with E-state index >= 15 is 0 Å². The first kappa shape index (κ1) is 22.5. The molecule has 3 aromatic rings. The minimum Gasteiger partial charge on any atom is -0.398 e. The normalized spacial score (nSPS) is 18.7. The molecule has 5 rings (SSSR count). The lowest BCUT2D eigenvalue weighted by Crippen LogP contribution is -2.40. The van der Waals surface area contributed by atoms with Crippen LogP contribution in [-0.2, 0) is 16.2 Å². The van der Waals surface area contributed by atoms with Crippen LogP contribution in [0.4, 0.5) is 10.1 Å². The minimum absolute atomic E-state index is 0.0976. The molecule has 178 valence electrons. The monoisotopic (exact) mass is 482 g/mol. The number of benzene rings is 1. The molecule has 4 heterocycles. The van der Waals surface area contributed by atoms with E-state index in [1.807, 2.05) is 30.2 Å². The van der Waals surface area contributed by atoms with Gasteiger partial charge in [0.1, 0.15) is 18.1 Å². The molecule has 1 aromatic carbocycles. The van der Waals surface area contributed by atoms with Crippen LogP contribution in [0.15, 0.2) is 34.8 Å². The topological polar surface area (TPSA) is 98.6 Å². The SMILES string of the molecule is Cc1cc(C)n(CC(=O)N2CCC(c3nc(C4=NOC(c5c(N)cccc5F)C4)cs3)CC2)n1. The second-order valence-corrected chi connectivity index (χ2v) is 9.78. The number of hydrogen-bond acceptors (Lipinski definition) is 7. The quantitative estimate of drug-likeness (QED) is 0.555. The Balaban J connectivity index is 1.18. The number of likely N-dealkylation sites (tertiary alicyclic amines) is 1. The Morgan fingerprint density at radius 1 is 1.29 bits per heavy atom. The lowest BCUT2D eigenvalue weighted by molar-refractivity contribution is -0.133. The van der Waals surface area contributed by atoms with E-state index in [0.29, 0.717) is 42.4 Å². The summed E-state index contributed by atoms with van der Waals surface area (Å²) in [6.45, 7) is 5.58. The molecule has 0 spiro atoms. The number of carbonyl (C=O) groups excluding carboxylic acids is 1. The van der Waals surface area contributed by atoms with Crippen molar-refractivity contribution in [2.75, 3.05) is 18.8 Å². The molecule has 0 bridgehead atoms. The Kier molecular flexibility index (Phi) is 6.07. The summed E-state index contributed by atoms with van der Waals surface area (Å²) >= 11 is 1.60. The lowest BCUT2D eigenvalue weighted by Gasteiger charge is -2.31. The number of amides is 1. The number of oxime groups is 1. The Hall–Kier alpha value is -3.27. The number of thiazole rings is 1. The third-order valence-corrected chi connectivity index (χ3v) is 7.49. The smallest absolute Gasteiger partial charge is 0.244 e. The van der Waals surface area contributed by atoms with Gasteiger partial charge in [-0.1, -0.05) is 11.2 Å². The number of rotatable bonds is 5. The molecule has 34 heavy (non-hydrogen) atoms. The summed E-state index contributed by atoms with van der Waals surface area (Å²) in [5, 5.41) is 11.6. The van der Waals surface area contributed by atoms with Crippen molar-refractivity contribution in [3.63, 3.8) is 0 Å². The molecule has 1 fully saturated rings. The van der Waals surface area contributed by atoms with Crippen molar-refractivity contribution in [1.29, 1.82) is 0 Å². The summed E-state index contributed by atoms with van der Waals surface area (Å²) in [6.07, 6.45) is 1.62. The number of nitrogens with zero attached hydrogens (tertiary/aromatic N) is 5. The summed E-state index contributed by atoms with van der Waals surface area (Å²) in [7, 11) is 0. The van der Waals surface area contributed by atoms with E-state index in [1.54, 1.807) is 28.2 Å². The molecule has 0 radical (unpaired) electrons. The van der Waals surface area contributed by atoms with Crippen molar-refractivity contribution in [1.82, 2.24) is 19.7 Å². The van der Waals surface area contributed by atoms with Crippen molar-refractivity contribution in [3.8, 4) is 0 Å². The molecule has 8 nitrogen and oxygen atoms in total. The zero-order chi connectivity index (χ0) is 23.8. The van der Waals surface area contributed by atoms with Crippen molar-refractivity contribution in [3.05, 3.63) is 63.1 Å². The summed E-state index contributed by atoms with van der Waals surface area (Å²) < 4.78 is 16.0. The zero-order valence-electron chi connectivity index (χ0n) is 19.2. The fraction of sp³-hybridized carbons (Fsp3) is 0.417. The van der Waals surface area contributed by atoms with E-state index in [1.165, 1.54) is 6.07 Å². The Morgan fingerprint density at radius 2 is 2.09 bits per heavy atom. The lowest BCUT2D eigenvalue weighted by atomic mass is 9.97. The van der Waals surface area contributed by atoms with Gasteiger partial charge in [0, 0.05) is 42.2 Å². The first-order chi connectivity index (χ1) is 16.4. The average molecular weight is 483 g/mol. The van der Waals surface area contributed by atoms with Crippen LogP contribution in [0, 0.1) is 19.7 Å². The average Bonchev–Trinajstić information content (AvgIpc) is 3.54. The van der Waals surface area contributed by atoms with Gasteiger partial charge in [0.15, 0.2) is 6.10 Å². The van der Waals surface area contributed by atoms with Crippen molar-refractivity contribution in [2.24, 2.45) is 5.16 Å². The molecule has 1 atom stereocenters. The number of halogens is 1. The van der Waals surface area contributed by atoms with E-state index in [4.69, 9.17) is 15.6 Å². The van der Waals surface area contributed by atoms with Crippen LogP contribution in [0.2, 0.25) is 0 Å². The van der Waals surface area contributed by atoms with Gasteiger partial charge in [-0.25, -0.2) is 9.37 Å². The first-order valence-corrected chi connectivity index (χ1v) is 12.3. The number of aryl methyl sites for hydroxylation is 2. The largest absolute Gasteiger partial charge is 0.398 e. The first-order valence-electron chi connectivity index (χ1n) is 11.4. The van der Waals surface area contributed by atoms with Gasteiger partial charge in [0.25, 0.3) is 0 Å². The summed E-state index contributed by atoms with van der Waals surface area (Å²) in [4.78, 5) is 25.0. The van der Waals surface area contributed by atoms with Crippen LogP contribution in [0.5, 0.6) is 0 Å². The fourth-order valence-corrected chi connectivity index (χ4v) is 5.62. The molecule has 2 aliphatic rings. The number of hydrogen-bond donors (Lipinski definition) is 1. The molecule has 2 N–H and O–H groups in total. The van der Waals surface area contributed by atoms with Gasteiger partial charge < -0.3 is 15.5 Å². The highest BCUT2D eigenvalue weighted by atomic mass is 32.1. The van der Waals surface area contributed by atoms with Gasteiger partial charge in [-0.3, -0.25) is 9.48 Å². The second-order valence-electron chi connectivity index (χ2n) is 8.89. The van der Waals surface area contributed by atoms with Crippen LogP contribution in [0.3, 0.4) is 0 Å². The Morgan fingerprint density at radius 3 is 2.79 bits per heavy atom. The molecule has 0 aliphatic carbocycles. The summed E-state index contributed by atoms with van der Waals surface area (Å²) in [5.41, 5.74) is 10.0. The van der Waals surface area contributed by atoms with E-state index < -0.39 is 6.10 Å². The third-order valence-electron chi connectivity index (χ3n) is 6.48. The highest BCUT2D eigenvalue weighted by Crippen LogP contribution is 2.36. The fourth-order valence-electron chi connectivity index (χ4n) is 4.62. The van der Waals surface area contributed by atoms with Gasteiger partial charge in [-0.05, 0) is 44.9 Å². The van der Waals surface area contributed by atoms with E-state index in [0.717, 1.165) is 34.9 Å². The Labute approximate surface area is 201 Å². The van der Waals surface area contributed by atoms with Gasteiger partial charge in [-0.2, -0.15) is 5.10 Å². The molecule has 1 amide bonds. The highest BCUT2D eigenvalue weighted by Gasteiger charge is 2.31. The van der Waals surface area contributed by atoms with Crippen LogP contribution in [-0.4, -0.2) is 44.4 Å². The van der Waals surface area contributed by atoms with E-state index in [2.05, 4.69) is 10.3 Å². The van der Waals surface area contributed by atoms with Crippen LogP contribution in [0.1, 0.15) is 58.9 Å². The zero-order valence-corrected chi connectivity index (χ0v) is 20.0. The molecular formula is C24H27FN6O2S. The molecule has 0 saturated carbocycles. The number of nitrogen functional groups attached to an aromatic ring is 1. The molecule has 2 aromatic heterocycles. The summed E-state index contributed by atoms with van der Waals surface area (Å²) in [5.74, 6) is 0.0115. The second kappa shape index (κ2) is 9.17. The van der Waals surface area contributed by atoms with Gasteiger partial charge in [-0.15, -0.1) is 11.3 Å². The molecule has 2 aliphatic heterocycles. The maximum Gasteiger partial charge on any atom is 0.244 e. The highest BCUT2D eigenvalue weighted by molar-refractivity contribution is 7.10. The number of nitrogens with two attached hydrogens (primary N) is 1. The third kappa shape index (κ3) is 4.42. The van der Waals surface area contributed by atoms with Crippen LogP contribution in [0.25, 0.3) is 0 Å². The van der Waals surface area contributed by atoms with E-state index in [-0.39, 0.29) is 18.3 Å². The maximum atomic E-state index is 14.3. The van der Waals surface area contributed by atoms with E-state index in [9.17, 15) is 9.18 Å². The Bertz CT molecular complexity index is 1220. The number of anilines is 1. The van der Waals surface area contributed by atoms with Gasteiger partial charge in [0.2, 0.25) is 5.91 Å². The van der Waals surface area contributed by atoms with Crippen molar-refractivity contribution < 1.29 is 14.0 Å². The predicted molar refractivity (Wildman–Crippen MR) is 128 cm³/mol. The minimum atomic E-state index is -0.544. The molecule has 1 saturated heterocycles. The maximum absolute atomic E-state index is 14.3. The van der Waals surface area contributed by atoms with Crippen LogP contribution >= 0.6 is 11.3 Å². The van der Waals surface area contributed by atoms with Gasteiger partial charge in [0.05, 0.1) is 22.0 Å². The molecular weight excluding hydrogens is 455 g/mol. The standard InChI is InChI=1S/C24H27FN6O2S/c1-14-10-15(2)31(28-14)12-22(32)30-8-6-16(7-9-30)24-27-20(13-34-24)19-11-21(33-29-19)23-17(25)4-3-5-18(23)26/h3-5,10,13,16,21H,6-9,11-12,26H2,1-2H3. The molecule has 1 unspecified atom stereocenters. The summed E-state index contributed by atoms with van der Waals surface area (Å²) in [6, 6.07) is 6.60.